The molecule has 0 saturated heterocycles. The summed E-state index contributed by atoms with van der Waals surface area (Å²) in [6.07, 6.45) is 0.722. The van der Waals surface area contributed by atoms with E-state index in [2.05, 4.69) is 24.1 Å². The van der Waals surface area contributed by atoms with E-state index >= 15 is 0 Å². The number of nitrogens with zero attached hydrogens (tertiary/aromatic N) is 1. The highest BCUT2D eigenvalue weighted by molar-refractivity contribution is 6.30. The number of oxazole rings is 1. The highest BCUT2D eigenvalue weighted by Gasteiger charge is 2.22. The largest absolute Gasteiger partial charge is 0.484 e. The number of aromatic nitrogens is 1. The maximum absolute atomic E-state index is 12.3. The zero-order chi connectivity index (χ0) is 18.5. The lowest BCUT2D eigenvalue weighted by Gasteiger charge is -2.17. The number of rotatable bonds is 7. The molecule has 6 heteroatoms. The summed E-state index contributed by atoms with van der Waals surface area (Å²) >= 11 is 5.84. The second-order valence-electron chi connectivity index (χ2n) is 6.51. The first-order valence-electron chi connectivity index (χ1n) is 8.54. The molecule has 1 aromatic heterocycles. The predicted octanol–water partition coefficient (Wildman–Crippen LogP) is 4.76. The molecule has 3 aromatic rings. The number of ether oxygens (including phenoxy) is 1. The molecular formula is C20H21ClN2O3. The number of amides is 1. The van der Waals surface area contributed by atoms with E-state index in [1.54, 1.807) is 24.3 Å². The van der Waals surface area contributed by atoms with Crippen molar-refractivity contribution in [3.8, 4) is 5.75 Å². The molecule has 1 heterocycles. The molecule has 5 nitrogen and oxygen atoms in total. The number of halogens is 1. The molecule has 1 atom stereocenters. The molecule has 1 N–H and O–H groups in total. The van der Waals surface area contributed by atoms with Crippen LogP contribution >= 0.6 is 11.6 Å². The van der Waals surface area contributed by atoms with Crippen LogP contribution in [0.15, 0.2) is 52.9 Å². The minimum absolute atomic E-state index is 0.0868. The minimum atomic E-state index is -0.302. The van der Waals surface area contributed by atoms with Crippen LogP contribution in [0, 0.1) is 5.92 Å². The van der Waals surface area contributed by atoms with Crippen molar-refractivity contribution >= 4 is 28.6 Å². The van der Waals surface area contributed by atoms with Gasteiger partial charge in [-0.2, -0.15) is 0 Å². The van der Waals surface area contributed by atoms with Crippen LogP contribution in [0.1, 0.15) is 32.2 Å². The molecule has 0 fully saturated rings. The lowest BCUT2D eigenvalue weighted by molar-refractivity contribution is -0.124. The van der Waals surface area contributed by atoms with E-state index in [-0.39, 0.29) is 18.6 Å². The highest BCUT2D eigenvalue weighted by atomic mass is 35.5. The molecule has 0 bridgehead atoms. The molecule has 2 aromatic carbocycles. The Balaban J connectivity index is 1.67. The van der Waals surface area contributed by atoms with Crippen molar-refractivity contribution in [1.29, 1.82) is 0 Å². The quantitative estimate of drug-likeness (QED) is 0.649. The fourth-order valence-electron chi connectivity index (χ4n) is 2.65. The van der Waals surface area contributed by atoms with Gasteiger partial charge in [0.1, 0.15) is 17.3 Å². The Hall–Kier alpha value is -2.53. The van der Waals surface area contributed by atoms with E-state index in [4.69, 9.17) is 20.8 Å². The van der Waals surface area contributed by atoms with Crippen molar-refractivity contribution in [2.24, 2.45) is 5.92 Å². The fraction of sp³-hybridized carbons (Fsp3) is 0.300. The van der Waals surface area contributed by atoms with Gasteiger partial charge >= 0.3 is 0 Å². The summed E-state index contributed by atoms with van der Waals surface area (Å²) in [6, 6.07) is 14.1. The number of para-hydroxylation sites is 2. The average molecular weight is 373 g/mol. The van der Waals surface area contributed by atoms with Crippen LogP contribution in [0.3, 0.4) is 0 Å². The third-order valence-electron chi connectivity index (χ3n) is 3.83. The van der Waals surface area contributed by atoms with E-state index in [0.717, 1.165) is 11.9 Å². The number of carbonyl (C=O) groups excluding carboxylic acids is 1. The van der Waals surface area contributed by atoms with Gasteiger partial charge in [0.2, 0.25) is 5.89 Å². The monoisotopic (exact) mass is 372 g/mol. The first kappa shape index (κ1) is 18.3. The first-order chi connectivity index (χ1) is 12.5. The van der Waals surface area contributed by atoms with Gasteiger partial charge < -0.3 is 14.5 Å². The smallest absolute Gasteiger partial charge is 0.258 e. The molecule has 3 rings (SSSR count). The molecule has 1 amide bonds. The number of carbonyl (C=O) groups is 1. The Kier molecular flexibility index (Phi) is 5.78. The Bertz CT molecular complexity index is 841. The van der Waals surface area contributed by atoms with Crippen LogP contribution in [-0.2, 0) is 4.79 Å². The third kappa shape index (κ3) is 4.76. The van der Waals surface area contributed by atoms with Crippen LogP contribution in [0.2, 0.25) is 5.02 Å². The van der Waals surface area contributed by atoms with Crippen LogP contribution in [0.25, 0.3) is 11.1 Å². The van der Waals surface area contributed by atoms with E-state index in [0.29, 0.717) is 28.2 Å². The summed E-state index contributed by atoms with van der Waals surface area (Å²) in [6.45, 7) is 4.09. The summed E-state index contributed by atoms with van der Waals surface area (Å²) < 4.78 is 11.3. The lowest BCUT2D eigenvalue weighted by Crippen LogP contribution is -2.33. The Labute approximate surface area is 157 Å². The standard InChI is InChI=1S/C20H21ClN2O3/c1-13(2)11-17(20-23-16-5-3-4-6-18(16)26-20)22-19(24)12-25-15-9-7-14(21)8-10-15/h3-10,13,17H,11-12H2,1-2H3,(H,22,24)/t17-/m1/s1. The number of fused-ring (bicyclic) bond motifs is 1. The second kappa shape index (κ2) is 8.23. The first-order valence-corrected chi connectivity index (χ1v) is 8.92. The Morgan fingerprint density at radius 3 is 2.62 bits per heavy atom. The summed E-state index contributed by atoms with van der Waals surface area (Å²) in [7, 11) is 0. The zero-order valence-corrected chi connectivity index (χ0v) is 15.5. The fourth-order valence-corrected chi connectivity index (χ4v) is 2.77. The van der Waals surface area contributed by atoms with E-state index < -0.39 is 0 Å². The lowest BCUT2D eigenvalue weighted by atomic mass is 10.0. The van der Waals surface area contributed by atoms with Crippen molar-refractivity contribution in [3.05, 3.63) is 59.4 Å². The summed E-state index contributed by atoms with van der Waals surface area (Å²) in [5.74, 6) is 1.24. The molecular weight excluding hydrogens is 352 g/mol. The van der Waals surface area contributed by atoms with Gasteiger partial charge in [0.25, 0.3) is 5.91 Å². The van der Waals surface area contributed by atoms with E-state index in [1.807, 2.05) is 24.3 Å². The van der Waals surface area contributed by atoms with Gasteiger partial charge in [-0.05, 0) is 48.7 Å². The van der Waals surface area contributed by atoms with Crippen LogP contribution in [0.4, 0.5) is 0 Å². The van der Waals surface area contributed by atoms with Crippen molar-refractivity contribution in [3.63, 3.8) is 0 Å². The van der Waals surface area contributed by atoms with Crippen LogP contribution in [-0.4, -0.2) is 17.5 Å². The Morgan fingerprint density at radius 1 is 1.19 bits per heavy atom. The topological polar surface area (TPSA) is 64.4 Å². The third-order valence-corrected chi connectivity index (χ3v) is 4.09. The zero-order valence-electron chi connectivity index (χ0n) is 14.7. The molecule has 0 unspecified atom stereocenters. The van der Waals surface area contributed by atoms with Crippen molar-refractivity contribution < 1.29 is 13.9 Å². The van der Waals surface area contributed by atoms with Crippen molar-refractivity contribution in [2.75, 3.05) is 6.61 Å². The predicted molar refractivity (Wildman–Crippen MR) is 101 cm³/mol. The molecule has 0 aliphatic rings. The van der Waals surface area contributed by atoms with Gasteiger partial charge in [0, 0.05) is 5.02 Å². The minimum Gasteiger partial charge on any atom is -0.484 e. The van der Waals surface area contributed by atoms with E-state index in [1.165, 1.54) is 0 Å². The molecule has 0 aliphatic heterocycles. The molecule has 0 spiro atoms. The van der Waals surface area contributed by atoms with Crippen LogP contribution < -0.4 is 10.1 Å². The Morgan fingerprint density at radius 2 is 1.92 bits per heavy atom. The molecule has 0 aliphatic carbocycles. The van der Waals surface area contributed by atoms with Gasteiger partial charge in [-0.15, -0.1) is 0 Å². The summed E-state index contributed by atoms with van der Waals surface area (Å²) in [4.78, 5) is 16.8. The van der Waals surface area contributed by atoms with Gasteiger partial charge in [0.15, 0.2) is 12.2 Å². The number of hydrogen-bond acceptors (Lipinski definition) is 4. The SMILES string of the molecule is CC(C)C[C@@H](NC(=O)COc1ccc(Cl)cc1)c1nc2ccccc2o1. The molecule has 26 heavy (non-hydrogen) atoms. The maximum atomic E-state index is 12.3. The van der Waals surface area contributed by atoms with Gasteiger partial charge in [-0.25, -0.2) is 4.98 Å². The molecule has 0 saturated carbocycles. The number of nitrogens with one attached hydrogen (secondary N) is 1. The maximum Gasteiger partial charge on any atom is 0.258 e. The summed E-state index contributed by atoms with van der Waals surface area (Å²) in [5.41, 5.74) is 1.49. The van der Waals surface area contributed by atoms with Crippen molar-refractivity contribution in [2.45, 2.75) is 26.3 Å². The summed E-state index contributed by atoms with van der Waals surface area (Å²) in [5, 5.41) is 3.58. The van der Waals surface area contributed by atoms with Gasteiger partial charge in [0.05, 0.1) is 0 Å². The van der Waals surface area contributed by atoms with Crippen molar-refractivity contribution in [1.82, 2.24) is 10.3 Å². The number of benzene rings is 2. The van der Waals surface area contributed by atoms with Crippen LogP contribution in [0.5, 0.6) is 5.75 Å². The average Bonchev–Trinajstić information content (AvgIpc) is 3.04. The second-order valence-corrected chi connectivity index (χ2v) is 6.95. The van der Waals surface area contributed by atoms with Gasteiger partial charge in [-0.3, -0.25) is 4.79 Å². The van der Waals surface area contributed by atoms with Gasteiger partial charge in [-0.1, -0.05) is 37.6 Å². The normalized spacial score (nSPS) is 12.3. The van der Waals surface area contributed by atoms with E-state index in [9.17, 15) is 4.79 Å². The molecule has 136 valence electrons. The highest BCUT2D eigenvalue weighted by Crippen LogP contribution is 2.25. The molecule has 0 radical (unpaired) electrons. The number of hydrogen-bond donors (Lipinski definition) is 1.